The van der Waals surface area contributed by atoms with Crippen molar-refractivity contribution >= 4 is 11.6 Å². The van der Waals surface area contributed by atoms with Crippen molar-refractivity contribution in [1.29, 1.82) is 0 Å². The van der Waals surface area contributed by atoms with Crippen LogP contribution >= 0.6 is 0 Å². The third-order valence-corrected chi connectivity index (χ3v) is 2.78. The number of anilines is 1. The summed E-state index contributed by atoms with van der Waals surface area (Å²) in [5, 5.41) is 5.71. The minimum Gasteiger partial charge on any atom is -0.374 e. The van der Waals surface area contributed by atoms with Gasteiger partial charge in [0.25, 0.3) is 0 Å². The van der Waals surface area contributed by atoms with Gasteiger partial charge in [-0.05, 0) is 31.9 Å². The summed E-state index contributed by atoms with van der Waals surface area (Å²) >= 11 is 0. The van der Waals surface area contributed by atoms with Crippen molar-refractivity contribution in [3.05, 3.63) is 29.6 Å². The van der Waals surface area contributed by atoms with Crippen LogP contribution < -0.4 is 10.6 Å². The Morgan fingerprint density at radius 3 is 2.78 bits per heavy atom. The van der Waals surface area contributed by atoms with Crippen molar-refractivity contribution < 1.29 is 9.18 Å². The Hall–Kier alpha value is -1.58. The molecule has 0 aromatic heterocycles. The molecule has 2 N–H and O–H groups in total. The third kappa shape index (κ3) is 4.35. The van der Waals surface area contributed by atoms with Crippen LogP contribution in [0.3, 0.4) is 0 Å². The molecule has 0 saturated heterocycles. The van der Waals surface area contributed by atoms with Gasteiger partial charge in [-0.25, -0.2) is 4.39 Å². The van der Waals surface area contributed by atoms with E-state index in [9.17, 15) is 9.18 Å². The van der Waals surface area contributed by atoms with Crippen LogP contribution in [-0.2, 0) is 4.79 Å². The number of halogens is 1. The highest BCUT2D eigenvalue weighted by atomic mass is 19.1. The van der Waals surface area contributed by atoms with E-state index in [0.29, 0.717) is 5.69 Å². The van der Waals surface area contributed by atoms with E-state index in [0.717, 1.165) is 18.4 Å². The van der Waals surface area contributed by atoms with Crippen molar-refractivity contribution in [1.82, 2.24) is 5.32 Å². The largest absolute Gasteiger partial charge is 0.374 e. The molecule has 1 rings (SSSR count). The molecular weight excluding hydrogens is 231 g/mol. The second kappa shape index (κ2) is 6.99. The molecular formula is C14H21FN2O. The molecule has 1 atom stereocenters. The fourth-order valence-corrected chi connectivity index (χ4v) is 1.86. The SMILES string of the molecule is CCCC(C)NC(=O)CNc1c(C)cccc1F. The molecule has 0 bridgehead atoms. The van der Waals surface area contributed by atoms with Crippen LogP contribution in [0.1, 0.15) is 32.3 Å². The monoisotopic (exact) mass is 252 g/mol. The van der Waals surface area contributed by atoms with Gasteiger partial charge in [0.1, 0.15) is 5.82 Å². The average molecular weight is 252 g/mol. The van der Waals surface area contributed by atoms with Gasteiger partial charge in [-0.2, -0.15) is 0 Å². The number of para-hydroxylation sites is 1. The molecule has 4 heteroatoms. The van der Waals surface area contributed by atoms with Crippen LogP contribution in [0.25, 0.3) is 0 Å². The molecule has 0 aliphatic rings. The summed E-state index contributed by atoms with van der Waals surface area (Å²) in [6.07, 6.45) is 1.98. The van der Waals surface area contributed by atoms with E-state index < -0.39 is 0 Å². The Labute approximate surface area is 108 Å². The maximum absolute atomic E-state index is 13.5. The van der Waals surface area contributed by atoms with Crippen molar-refractivity contribution in [2.45, 2.75) is 39.7 Å². The van der Waals surface area contributed by atoms with Gasteiger partial charge in [-0.3, -0.25) is 4.79 Å². The number of carbonyl (C=O) groups excluding carboxylic acids is 1. The molecule has 18 heavy (non-hydrogen) atoms. The van der Waals surface area contributed by atoms with E-state index in [1.54, 1.807) is 6.07 Å². The molecule has 0 spiro atoms. The van der Waals surface area contributed by atoms with Crippen molar-refractivity contribution in [2.24, 2.45) is 0 Å². The number of amides is 1. The molecule has 0 radical (unpaired) electrons. The minimum atomic E-state index is -0.329. The summed E-state index contributed by atoms with van der Waals surface area (Å²) in [7, 11) is 0. The quantitative estimate of drug-likeness (QED) is 0.817. The van der Waals surface area contributed by atoms with Gasteiger partial charge < -0.3 is 10.6 Å². The summed E-state index contributed by atoms with van der Waals surface area (Å²) in [6, 6.07) is 5.00. The summed E-state index contributed by atoms with van der Waals surface area (Å²) in [5.74, 6) is -0.442. The fraction of sp³-hybridized carbons (Fsp3) is 0.500. The Kier molecular flexibility index (Phi) is 5.62. The molecule has 100 valence electrons. The molecule has 1 aromatic rings. The average Bonchev–Trinajstić information content (AvgIpc) is 2.28. The number of rotatable bonds is 6. The van der Waals surface area contributed by atoms with Crippen LogP contribution in [0, 0.1) is 12.7 Å². The number of benzene rings is 1. The summed E-state index contributed by atoms with van der Waals surface area (Å²) in [4.78, 5) is 11.6. The van der Waals surface area contributed by atoms with Crippen molar-refractivity contribution in [3.8, 4) is 0 Å². The number of hydrogen-bond acceptors (Lipinski definition) is 2. The molecule has 0 fully saturated rings. The summed E-state index contributed by atoms with van der Waals surface area (Å²) in [6.45, 7) is 5.94. The van der Waals surface area contributed by atoms with Crippen LogP contribution in [0.2, 0.25) is 0 Å². The number of carbonyl (C=O) groups is 1. The molecule has 0 saturated carbocycles. The molecule has 1 aromatic carbocycles. The zero-order valence-electron chi connectivity index (χ0n) is 11.2. The van der Waals surface area contributed by atoms with E-state index in [1.807, 2.05) is 19.9 Å². The highest BCUT2D eigenvalue weighted by Gasteiger charge is 2.09. The molecule has 1 unspecified atom stereocenters. The van der Waals surface area contributed by atoms with E-state index in [4.69, 9.17) is 0 Å². The maximum Gasteiger partial charge on any atom is 0.239 e. The van der Waals surface area contributed by atoms with Crippen LogP contribution in [0.15, 0.2) is 18.2 Å². The molecule has 0 heterocycles. The predicted molar refractivity (Wildman–Crippen MR) is 72.1 cm³/mol. The van der Waals surface area contributed by atoms with Gasteiger partial charge >= 0.3 is 0 Å². The lowest BCUT2D eigenvalue weighted by atomic mass is 10.2. The second-order valence-electron chi connectivity index (χ2n) is 4.54. The first-order valence-electron chi connectivity index (χ1n) is 6.33. The lowest BCUT2D eigenvalue weighted by Crippen LogP contribution is -2.36. The summed E-state index contributed by atoms with van der Waals surface area (Å²) < 4.78 is 13.5. The van der Waals surface area contributed by atoms with E-state index in [1.165, 1.54) is 6.07 Å². The molecule has 0 aliphatic heterocycles. The smallest absolute Gasteiger partial charge is 0.239 e. The Balaban J connectivity index is 2.48. The van der Waals surface area contributed by atoms with Gasteiger partial charge in [-0.15, -0.1) is 0 Å². The van der Waals surface area contributed by atoms with Crippen molar-refractivity contribution in [3.63, 3.8) is 0 Å². The van der Waals surface area contributed by atoms with Gasteiger partial charge in [-0.1, -0.05) is 25.5 Å². The zero-order chi connectivity index (χ0) is 13.5. The first kappa shape index (κ1) is 14.5. The first-order valence-corrected chi connectivity index (χ1v) is 6.33. The van der Waals surface area contributed by atoms with Gasteiger partial charge in [0.15, 0.2) is 0 Å². The van der Waals surface area contributed by atoms with Gasteiger partial charge in [0.05, 0.1) is 12.2 Å². The fourth-order valence-electron chi connectivity index (χ4n) is 1.86. The normalized spacial score (nSPS) is 12.0. The molecule has 0 aliphatic carbocycles. The standard InChI is InChI=1S/C14H21FN2O/c1-4-6-11(3)17-13(18)9-16-14-10(2)7-5-8-12(14)15/h5,7-8,11,16H,4,6,9H2,1-3H3,(H,17,18). The topological polar surface area (TPSA) is 41.1 Å². The second-order valence-corrected chi connectivity index (χ2v) is 4.54. The third-order valence-electron chi connectivity index (χ3n) is 2.78. The van der Waals surface area contributed by atoms with E-state index in [-0.39, 0.29) is 24.3 Å². The highest BCUT2D eigenvalue weighted by Crippen LogP contribution is 2.17. The highest BCUT2D eigenvalue weighted by molar-refractivity contribution is 5.81. The Morgan fingerprint density at radius 2 is 2.17 bits per heavy atom. The lowest BCUT2D eigenvalue weighted by molar-refractivity contribution is -0.120. The van der Waals surface area contributed by atoms with E-state index >= 15 is 0 Å². The first-order chi connectivity index (χ1) is 8.54. The Morgan fingerprint density at radius 1 is 1.44 bits per heavy atom. The van der Waals surface area contributed by atoms with Crippen molar-refractivity contribution in [2.75, 3.05) is 11.9 Å². The Bertz CT molecular complexity index is 387. The zero-order valence-corrected chi connectivity index (χ0v) is 11.2. The number of nitrogens with one attached hydrogen (secondary N) is 2. The van der Waals surface area contributed by atoms with E-state index in [2.05, 4.69) is 17.6 Å². The molecule has 1 amide bonds. The minimum absolute atomic E-state index is 0.0931. The van der Waals surface area contributed by atoms with Gasteiger partial charge in [0, 0.05) is 6.04 Å². The summed E-state index contributed by atoms with van der Waals surface area (Å²) in [5.41, 5.74) is 1.19. The predicted octanol–water partition coefficient (Wildman–Crippen LogP) is 2.85. The van der Waals surface area contributed by atoms with Crippen LogP contribution in [0.5, 0.6) is 0 Å². The number of hydrogen-bond donors (Lipinski definition) is 2. The lowest BCUT2D eigenvalue weighted by Gasteiger charge is -2.14. The van der Waals surface area contributed by atoms with Crippen LogP contribution in [-0.4, -0.2) is 18.5 Å². The number of aryl methyl sites for hydroxylation is 1. The van der Waals surface area contributed by atoms with Crippen LogP contribution in [0.4, 0.5) is 10.1 Å². The van der Waals surface area contributed by atoms with Gasteiger partial charge in [0.2, 0.25) is 5.91 Å². The maximum atomic E-state index is 13.5. The molecule has 3 nitrogen and oxygen atoms in total.